The highest BCUT2D eigenvalue weighted by molar-refractivity contribution is 4.77. The lowest BCUT2D eigenvalue weighted by Gasteiger charge is -2.37. The number of hydrogen-bond acceptors (Lipinski definition) is 1. The summed E-state index contributed by atoms with van der Waals surface area (Å²) in [5, 5.41) is 0. The molecular weight excluding hydrogens is 230 g/mol. The van der Waals surface area contributed by atoms with Gasteiger partial charge >= 0.3 is 0 Å². The molecule has 0 amide bonds. The van der Waals surface area contributed by atoms with Crippen LogP contribution in [0.3, 0.4) is 0 Å². The minimum atomic E-state index is 0.822. The van der Waals surface area contributed by atoms with Gasteiger partial charge in [0.15, 0.2) is 0 Å². The largest absolute Gasteiger partial charge is 0.298 e. The van der Waals surface area contributed by atoms with Crippen LogP contribution in [0.25, 0.3) is 0 Å². The molecule has 0 heterocycles. The van der Waals surface area contributed by atoms with Crippen LogP contribution in [-0.4, -0.2) is 23.5 Å². The third-order valence-corrected chi connectivity index (χ3v) is 4.53. The second kappa shape index (κ2) is 13.0. The van der Waals surface area contributed by atoms with Crippen molar-refractivity contribution in [3.8, 4) is 0 Å². The molecule has 0 aromatic rings. The maximum atomic E-state index is 2.81. The topological polar surface area (TPSA) is 3.24 Å². The summed E-state index contributed by atoms with van der Waals surface area (Å²) in [4.78, 5) is 2.81. The minimum Gasteiger partial charge on any atom is -0.298 e. The van der Waals surface area contributed by atoms with E-state index in [2.05, 4.69) is 39.5 Å². The Kier molecular flexibility index (Phi) is 12.9. The van der Waals surface area contributed by atoms with Gasteiger partial charge in [-0.05, 0) is 32.2 Å². The molecule has 116 valence electrons. The first-order valence-corrected chi connectivity index (χ1v) is 9.00. The summed E-state index contributed by atoms with van der Waals surface area (Å²) >= 11 is 0. The highest BCUT2D eigenvalue weighted by atomic mass is 15.2. The van der Waals surface area contributed by atoms with Gasteiger partial charge < -0.3 is 0 Å². The summed E-state index contributed by atoms with van der Waals surface area (Å²) in [5.41, 5.74) is 0. The van der Waals surface area contributed by atoms with Crippen molar-refractivity contribution in [1.29, 1.82) is 0 Å². The van der Waals surface area contributed by atoms with E-state index in [1.807, 2.05) is 0 Å². The summed E-state index contributed by atoms with van der Waals surface area (Å²) in [6.07, 6.45) is 13.8. The SMILES string of the molecule is CCCCCC(CC)N(CC)C(CC)CCCCC. The molecule has 0 aromatic carbocycles. The summed E-state index contributed by atoms with van der Waals surface area (Å²) in [7, 11) is 0. The van der Waals surface area contributed by atoms with E-state index in [1.54, 1.807) is 0 Å². The molecule has 0 fully saturated rings. The maximum Gasteiger partial charge on any atom is 0.00954 e. The molecule has 0 spiro atoms. The lowest BCUT2D eigenvalue weighted by atomic mass is 9.98. The number of unbranched alkanes of at least 4 members (excludes halogenated alkanes) is 4. The van der Waals surface area contributed by atoms with Crippen LogP contribution in [0.1, 0.15) is 98.8 Å². The Labute approximate surface area is 123 Å². The Morgan fingerprint density at radius 3 is 1.32 bits per heavy atom. The van der Waals surface area contributed by atoms with E-state index >= 15 is 0 Å². The summed E-state index contributed by atoms with van der Waals surface area (Å²) in [5.74, 6) is 0. The van der Waals surface area contributed by atoms with Crippen molar-refractivity contribution in [3.05, 3.63) is 0 Å². The summed E-state index contributed by atoms with van der Waals surface area (Å²) < 4.78 is 0. The molecule has 0 saturated carbocycles. The Balaban J connectivity index is 4.34. The standard InChI is InChI=1S/C18H39N/c1-6-11-13-15-17(8-3)19(10-5)18(9-4)16-14-12-7-2/h17-18H,6-16H2,1-5H3. The lowest BCUT2D eigenvalue weighted by molar-refractivity contribution is 0.115. The predicted molar refractivity (Wildman–Crippen MR) is 88.8 cm³/mol. The summed E-state index contributed by atoms with van der Waals surface area (Å²) in [6.45, 7) is 12.9. The van der Waals surface area contributed by atoms with Crippen LogP contribution in [0, 0.1) is 0 Å². The van der Waals surface area contributed by atoms with Crippen molar-refractivity contribution in [2.24, 2.45) is 0 Å². The van der Waals surface area contributed by atoms with Crippen molar-refractivity contribution < 1.29 is 0 Å². The smallest absolute Gasteiger partial charge is 0.00954 e. The normalized spacial score (nSPS) is 14.8. The van der Waals surface area contributed by atoms with Crippen LogP contribution in [0.5, 0.6) is 0 Å². The zero-order valence-electron chi connectivity index (χ0n) is 14.4. The fraction of sp³-hybridized carbons (Fsp3) is 1.00. The van der Waals surface area contributed by atoms with E-state index in [0.29, 0.717) is 0 Å². The van der Waals surface area contributed by atoms with Gasteiger partial charge in [0.2, 0.25) is 0 Å². The van der Waals surface area contributed by atoms with Crippen molar-refractivity contribution in [3.63, 3.8) is 0 Å². The molecule has 0 N–H and O–H groups in total. The fourth-order valence-electron chi connectivity index (χ4n) is 3.28. The van der Waals surface area contributed by atoms with Gasteiger partial charge in [-0.25, -0.2) is 0 Å². The van der Waals surface area contributed by atoms with Gasteiger partial charge in [0.05, 0.1) is 0 Å². The second-order valence-corrected chi connectivity index (χ2v) is 5.95. The van der Waals surface area contributed by atoms with Gasteiger partial charge in [0, 0.05) is 12.1 Å². The molecule has 2 unspecified atom stereocenters. The second-order valence-electron chi connectivity index (χ2n) is 5.95. The van der Waals surface area contributed by atoms with Gasteiger partial charge in [0.1, 0.15) is 0 Å². The molecule has 1 heteroatoms. The molecule has 19 heavy (non-hydrogen) atoms. The van der Waals surface area contributed by atoms with Crippen LogP contribution in [0.15, 0.2) is 0 Å². The molecule has 0 aliphatic rings. The van der Waals surface area contributed by atoms with Crippen molar-refractivity contribution >= 4 is 0 Å². The zero-order valence-corrected chi connectivity index (χ0v) is 14.4. The van der Waals surface area contributed by atoms with E-state index in [-0.39, 0.29) is 0 Å². The highest BCUT2D eigenvalue weighted by Gasteiger charge is 2.21. The molecule has 0 radical (unpaired) electrons. The Morgan fingerprint density at radius 1 is 0.632 bits per heavy atom. The Bertz CT molecular complexity index is 161. The lowest BCUT2D eigenvalue weighted by Crippen LogP contribution is -2.42. The number of nitrogens with zero attached hydrogens (tertiary/aromatic N) is 1. The first-order valence-electron chi connectivity index (χ1n) is 9.00. The molecule has 0 aromatic heterocycles. The van der Waals surface area contributed by atoms with Crippen LogP contribution < -0.4 is 0 Å². The minimum absolute atomic E-state index is 0.822. The molecule has 0 bridgehead atoms. The maximum absolute atomic E-state index is 2.81. The van der Waals surface area contributed by atoms with Crippen LogP contribution in [0.2, 0.25) is 0 Å². The van der Waals surface area contributed by atoms with Gasteiger partial charge in [-0.2, -0.15) is 0 Å². The fourth-order valence-corrected chi connectivity index (χ4v) is 3.28. The van der Waals surface area contributed by atoms with E-state index in [4.69, 9.17) is 0 Å². The molecule has 0 aliphatic heterocycles. The highest BCUT2D eigenvalue weighted by Crippen LogP contribution is 2.21. The molecular formula is C18H39N. The van der Waals surface area contributed by atoms with Gasteiger partial charge in [-0.15, -0.1) is 0 Å². The molecule has 2 atom stereocenters. The van der Waals surface area contributed by atoms with Crippen molar-refractivity contribution in [2.45, 2.75) is 111 Å². The first-order chi connectivity index (χ1) is 9.24. The van der Waals surface area contributed by atoms with Crippen LogP contribution in [-0.2, 0) is 0 Å². The quantitative estimate of drug-likeness (QED) is 0.369. The number of rotatable bonds is 13. The van der Waals surface area contributed by atoms with E-state index in [1.165, 1.54) is 70.8 Å². The third kappa shape index (κ3) is 7.97. The van der Waals surface area contributed by atoms with Crippen LogP contribution in [0.4, 0.5) is 0 Å². The first kappa shape index (κ1) is 19.0. The Hall–Kier alpha value is -0.0400. The van der Waals surface area contributed by atoms with E-state index in [0.717, 1.165) is 12.1 Å². The van der Waals surface area contributed by atoms with Gasteiger partial charge in [-0.3, -0.25) is 4.90 Å². The van der Waals surface area contributed by atoms with Crippen molar-refractivity contribution in [2.75, 3.05) is 6.54 Å². The molecule has 0 saturated heterocycles. The average Bonchev–Trinajstić information content (AvgIpc) is 2.44. The van der Waals surface area contributed by atoms with Crippen LogP contribution >= 0.6 is 0 Å². The van der Waals surface area contributed by atoms with E-state index in [9.17, 15) is 0 Å². The predicted octanol–water partition coefficient (Wildman–Crippen LogP) is 6.03. The average molecular weight is 270 g/mol. The molecule has 0 aliphatic carbocycles. The monoisotopic (exact) mass is 269 g/mol. The third-order valence-electron chi connectivity index (χ3n) is 4.53. The zero-order chi connectivity index (χ0) is 14.5. The van der Waals surface area contributed by atoms with Crippen molar-refractivity contribution in [1.82, 2.24) is 4.90 Å². The Morgan fingerprint density at radius 2 is 1.05 bits per heavy atom. The van der Waals surface area contributed by atoms with E-state index < -0.39 is 0 Å². The molecule has 0 rings (SSSR count). The number of hydrogen-bond donors (Lipinski definition) is 0. The van der Waals surface area contributed by atoms with Gasteiger partial charge in [0.25, 0.3) is 0 Å². The summed E-state index contributed by atoms with van der Waals surface area (Å²) in [6, 6.07) is 1.64. The van der Waals surface area contributed by atoms with Gasteiger partial charge in [-0.1, -0.05) is 73.1 Å². The molecule has 1 nitrogen and oxygen atoms in total.